The first kappa shape index (κ1) is 19.2. The molecule has 0 aliphatic rings. The molecule has 1 unspecified atom stereocenters. The molecule has 1 N–H and O–H groups in total. The second kappa shape index (κ2) is 7.72. The predicted molar refractivity (Wildman–Crippen MR) is 105 cm³/mol. The van der Waals surface area contributed by atoms with Crippen LogP contribution < -0.4 is 0 Å². The lowest BCUT2D eigenvalue weighted by atomic mass is 9.85. The molecule has 0 radical (unpaired) electrons. The molecule has 29 heavy (non-hydrogen) atoms. The van der Waals surface area contributed by atoms with Gasteiger partial charge >= 0.3 is 0 Å². The zero-order chi connectivity index (χ0) is 20.5. The quantitative estimate of drug-likeness (QED) is 0.460. The van der Waals surface area contributed by atoms with Gasteiger partial charge < -0.3 is 5.11 Å². The van der Waals surface area contributed by atoms with E-state index >= 15 is 0 Å². The van der Waals surface area contributed by atoms with Crippen molar-refractivity contribution in [2.75, 3.05) is 0 Å². The molecule has 7 heteroatoms. The molecule has 4 aromatic rings. The highest BCUT2D eigenvalue weighted by molar-refractivity contribution is 6.30. The van der Waals surface area contributed by atoms with Crippen molar-refractivity contribution in [3.05, 3.63) is 100 Å². The van der Waals surface area contributed by atoms with E-state index in [4.69, 9.17) is 11.6 Å². The van der Waals surface area contributed by atoms with Crippen LogP contribution >= 0.6 is 11.6 Å². The highest BCUT2D eigenvalue weighted by Gasteiger charge is 2.25. The number of phenolic OH excluding ortho intramolecular Hbond substituents is 1. The fourth-order valence-corrected chi connectivity index (χ4v) is 3.56. The number of nitrogens with zero attached hydrogens (tertiary/aromatic N) is 2. The number of rotatable bonds is 4. The molecule has 2 aromatic carbocycles. The van der Waals surface area contributed by atoms with Gasteiger partial charge in [-0.25, -0.2) is 13.2 Å². The van der Waals surface area contributed by atoms with Crippen molar-refractivity contribution in [2.45, 2.75) is 12.3 Å². The molecule has 0 aliphatic carbocycles. The molecule has 2 heterocycles. The summed E-state index contributed by atoms with van der Waals surface area (Å²) in [4.78, 5) is 7.99. The minimum Gasteiger partial charge on any atom is -0.505 e. The van der Waals surface area contributed by atoms with E-state index in [1.54, 1.807) is 24.3 Å². The number of pyridine rings is 2. The monoisotopic (exact) mass is 414 g/mol. The number of phenols is 1. The average Bonchev–Trinajstić information content (AvgIpc) is 2.70. The van der Waals surface area contributed by atoms with Crippen LogP contribution in [0.2, 0.25) is 5.02 Å². The zero-order valence-electron chi connectivity index (χ0n) is 14.9. The minimum absolute atomic E-state index is 0.0590. The summed E-state index contributed by atoms with van der Waals surface area (Å²) in [5.74, 6) is -3.20. The van der Waals surface area contributed by atoms with Gasteiger partial charge in [0.15, 0.2) is 0 Å². The van der Waals surface area contributed by atoms with Crippen LogP contribution in [-0.2, 0) is 6.42 Å². The summed E-state index contributed by atoms with van der Waals surface area (Å²) >= 11 is 6.06. The molecule has 0 aliphatic heterocycles. The smallest absolute Gasteiger partial charge is 0.147 e. The third-order valence-corrected chi connectivity index (χ3v) is 5.00. The van der Waals surface area contributed by atoms with E-state index in [1.165, 1.54) is 24.4 Å². The van der Waals surface area contributed by atoms with Gasteiger partial charge in [0.05, 0.1) is 11.9 Å². The van der Waals surface area contributed by atoms with E-state index in [-0.39, 0.29) is 28.5 Å². The molecule has 0 spiro atoms. The van der Waals surface area contributed by atoms with Crippen LogP contribution in [0.4, 0.5) is 13.2 Å². The third-order valence-electron chi connectivity index (χ3n) is 4.77. The van der Waals surface area contributed by atoms with Gasteiger partial charge in [-0.1, -0.05) is 29.8 Å². The van der Waals surface area contributed by atoms with Crippen molar-refractivity contribution in [1.29, 1.82) is 0 Å². The minimum atomic E-state index is -0.851. The molecule has 146 valence electrons. The summed E-state index contributed by atoms with van der Waals surface area (Å²) in [7, 11) is 0. The molecule has 0 bridgehead atoms. The average molecular weight is 415 g/mol. The standard InChI is InChI=1S/C22H14ClF3N2O/c23-13-4-6-18(25)17(8-13)16(10-20-19(26)9-14(24)11-28-20)15-5-3-12-2-1-7-27-21(12)22(15)29/h1-9,11,16,29H,10H2. The molecule has 0 saturated heterocycles. The number of hydrogen-bond donors (Lipinski definition) is 1. The normalized spacial score (nSPS) is 12.3. The molecule has 1 atom stereocenters. The Balaban J connectivity index is 1.91. The van der Waals surface area contributed by atoms with E-state index in [0.717, 1.165) is 12.3 Å². The van der Waals surface area contributed by atoms with Crippen LogP contribution in [-0.4, -0.2) is 15.1 Å². The SMILES string of the molecule is Oc1c(C(Cc2ncc(F)cc2F)c2cc(Cl)ccc2F)ccc2cccnc12. The number of benzene rings is 2. The first-order valence-electron chi connectivity index (χ1n) is 8.75. The number of aromatic nitrogens is 2. The summed E-state index contributed by atoms with van der Waals surface area (Å²) in [6, 6.07) is 11.6. The summed E-state index contributed by atoms with van der Waals surface area (Å²) < 4.78 is 42.2. The fraction of sp³-hybridized carbons (Fsp3) is 0.0909. The van der Waals surface area contributed by atoms with Gasteiger partial charge in [0.25, 0.3) is 0 Å². The van der Waals surface area contributed by atoms with Crippen LogP contribution in [0, 0.1) is 17.5 Å². The fourth-order valence-electron chi connectivity index (χ4n) is 3.38. The largest absolute Gasteiger partial charge is 0.505 e. The summed E-state index contributed by atoms with van der Waals surface area (Å²) in [6.07, 6.45) is 2.31. The van der Waals surface area contributed by atoms with Crippen LogP contribution in [0.3, 0.4) is 0 Å². The topological polar surface area (TPSA) is 46.0 Å². The zero-order valence-corrected chi connectivity index (χ0v) is 15.7. The Morgan fingerprint density at radius 3 is 2.55 bits per heavy atom. The highest BCUT2D eigenvalue weighted by atomic mass is 35.5. The number of halogens is 4. The molecule has 0 amide bonds. The maximum absolute atomic E-state index is 14.7. The maximum atomic E-state index is 14.7. The molecule has 4 rings (SSSR count). The van der Waals surface area contributed by atoms with Gasteiger partial charge in [0, 0.05) is 40.6 Å². The Labute approximate surface area is 169 Å². The summed E-state index contributed by atoms with van der Waals surface area (Å²) in [6.45, 7) is 0. The Hall–Kier alpha value is -3.12. The maximum Gasteiger partial charge on any atom is 0.147 e. The van der Waals surface area contributed by atoms with Gasteiger partial charge in [-0.3, -0.25) is 9.97 Å². The first-order valence-corrected chi connectivity index (χ1v) is 9.13. The number of aromatic hydroxyl groups is 1. The third kappa shape index (κ3) is 3.76. The van der Waals surface area contributed by atoms with Crippen molar-refractivity contribution in [3.63, 3.8) is 0 Å². The summed E-state index contributed by atoms with van der Waals surface area (Å²) in [5.41, 5.74) is 0.776. The van der Waals surface area contributed by atoms with Crippen molar-refractivity contribution >= 4 is 22.5 Å². The Morgan fingerprint density at radius 1 is 0.931 bits per heavy atom. The van der Waals surface area contributed by atoms with Crippen molar-refractivity contribution in [1.82, 2.24) is 9.97 Å². The Bertz CT molecular complexity index is 1220. The van der Waals surface area contributed by atoms with Crippen molar-refractivity contribution < 1.29 is 18.3 Å². The first-order chi connectivity index (χ1) is 13.9. The Morgan fingerprint density at radius 2 is 1.76 bits per heavy atom. The van der Waals surface area contributed by atoms with E-state index in [9.17, 15) is 18.3 Å². The molecular weight excluding hydrogens is 401 g/mol. The van der Waals surface area contributed by atoms with Crippen LogP contribution in [0.15, 0.2) is 60.9 Å². The van der Waals surface area contributed by atoms with Crippen LogP contribution in [0.25, 0.3) is 10.9 Å². The molecular formula is C22H14ClF3N2O. The summed E-state index contributed by atoms with van der Waals surface area (Å²) in [5, 5.41) is 11.8. The lowest BCUT2D eigenvalue weighted by molar-refractivity contribution is 0.466. The van der Waals surface area contributed by atoms with Gasteiger partial charge in [-0.05, 0) is 29.8 Å². The van der Waals surface area contributed by atoms with E-state index in [1.807, 2.05) is 0 Å². The van der Waals surface area contributed by atoms with E-state index < -0.39 is 23.4 Å². The second-order valence-corrected chi connectivity index (χ2v) is 7.02. The Kier molecular flexibility index (Phi) is 5.11. The van der Waals surface area contributed by atoms with E-state index in [2.05, 4.69) is 9.97 Å². The molecule has 3 nitrogen and oxygen atoms in total. The van der Waals surface area contributed by atoms with E-state index in [0.29, 0.717) is 16.5 Å². The van der Waals surface area contributed by atoms with Gasteiger partial charge in [-0.15, -0.1) is 0 Å². The predicted octanol–water partition coefficient (Wildman–Crippen LogP) is 5.78. The van der Waals surface area contributed by atoms with Crippen LogP contribution in [0.5, 0.6) is 5.75 Å². The van der Waals surface area contributed by atoms with Gasteiger partial charge in [0.2, 0.25) is 0 Å². The lowest BCUT2D eigenvalue weighted by Crippen LogP contribution is -2.11. The molecule has 2 aromatic heterocycles. The van der Waals surface area contributed by atoms with Crippen molar-refractivity contribution in [3.8, 4) is 5.75 Å². The van der Waals surface area contributed by atoms with Gasteiger partial charge in [-0.2, -0.15) is 0 Å². The van der Waals surface area contributed by atoms with Gasteiger partial charge in [0.1, 0.15) is 28.7 Å². The van der Waals surface area contributed by atoms with Crippen molar-refractivity contribution in [2.24, 2.45) is 0 Å². The second-order valence-electron chi connectivity index (χ2n) is 6.58. The molecule has 0 fully saturated rings. The lowest BCUT2D eigenvalue weighted by Gasteiger charge is -2.21. The highest BCUT2D eigenvalue weighted by Crippen LogP contribution is 2.39. The van der Waals surface area contributed by atoms with Crippen LogP contribution in [0.1, 0.15) is 22.7 Å². The number of fused-ring (bicyclic) bond motifs is 1. The molecule has 0 saturated carbocycles. The number of hydrogen-bond acceptors (Lipinski definition) is 3.